The minimum absolute atomic E-state index is 0.246. The molecule has 0 bridgehead atoms. The number of nitrogens with one attached hydrogen (secondary N) is 1. The highest BCUT2D eigenvalue weighted by atomic mass is 32.2. The predicted octanol–water partition coefficient (Wildman–Crippen LogP) is 6.22. The summed E-state index contributed by atoms with van der Waals surface area (Å²) in [5, 5.41) is 6.49. The third-order valence-electron chi connectivity index (χ3n) is 5.94. The first-order valence-electron chi connectivity index (χ1n) is 11.6. The molecule has 5 aromatic rings. The topological polar surface area (TPSA) is 103 Å². The maximum atomic E-state index is 12.7. The van der Waals surface area contributed by atoms with Gasteiger partial charge in [-0.3, -0.25) is 14.7 Å². The Bertz CT molecular complexity index is 1730. The number of benzene rings is 4. The largest absolute Gasteiger partial charge is 0.377 e. The predicted molar refractivity (Wildman–Crippen MR) is 154 cm³/mol. The number of carbonyl (C=O) groups excluding carboxylic acids is 1. The smallest absolute Gasteiger partial charge is 0.364 e. The maximum absolute atomic E-state index is 12.7. The summed E-state index contributed by atoms with van der Waals surface area (Å²) in [6.45, 7) is 0. The first kappa shape index (κ1) is 25.4. The van der Waals surface area contributed by atoms with Crippen LogP contribution in [0.2, 0.25) is 0 Å². The van der Waals surface area contributed by atoms with Gasteiger partial charge < -0.3 is 4.90 Å². The maximum Gasteiger partial charge on any atom is 0.364 e. The van der Waals surface area contributed by atoms with Gasteiger partial charge in [0, 0.05) is 47.1 Å². The van der Waals surface area contributed by atoms with Crippen LogP contribution in [0.4, 0.5) is 22.2 Å². The minimum Gasteiger partial charge on any atom is -0.377 e. The molecule has 0 saturated carbocycles. The van der Waals surface area contributed by atoms with Gasteiger partial charge in [0.25, 0.3) is 5.91 Å². The third-order valence-corrected chi connectivity index (χ3v) is 7.57. The number of thiazole rings is 1. The summed E-state index contributed by atoms with van der Waals surface area (Å²) >= 11 is 1.26. The van der Waals surface area contributed by atoms with E-state index >= 15 is 0 Å². The van der Waals surface area contributed by atoms with E-state index in [-0.39, 0.29) is 11.6 Å². The fourth-order valence-corrected chi connectivity index (χ4v) is 5.76. The summed E-state index contributed by atoms with van der Waals surface area (Å²) in [7, 11) is -0.866. The van der Waals surface area contributed by atoms with E-state index < -0.39 is 10.3 Å². The zero-order valence-electron chi connectivity index (χ0n) is 20.6. The van der Waals surface area contributed by atoms with E-state index in [4.69, 9.17) is 0 Å². The Morgan fingerprint density at radius 1 is 0.868 bits per heavy atom. The quantitative estimate of drug-likeness (QED) is 0.236. The minimum atomic E-state index is -4.69. The van der Waals surface area contributed by atoms with Gasteiger partial charge in [-0.15, -0.1) is 11.3 Å². The van der Waals surface area contributed by atoms with Crippen LogP contribution in [0, 0.1) is 0 Å². The number of anilines is 4. The molecule has 0 radical (unpaired) electrons. The van der Waals surface area contributed by atoms with Gasteiger partial charge in [0.2, 0.25) is 0 Å². The van der Waals surface area contributed by atoms with Gasteiger partial charge in [0.15, 0.2) is 5.13 Å². The van der Waals surface area contributed by atoms with Gasteiger partial charge in [0.05, 0.1) is 17.1 Å². The number of aromatic nitrogens is 1. The fraction of sp³-hybridized carbons (Fsp3) is 0.0714. The lowest BCUT2D eigenvalue weighted by Gasteiger charge is -2.24. The lowest BCUT2D eigenvalue weighted by molar-refractivity contribution is 0.102. The van der Waals surface area contributed by atoms with E-state index in [1.165, 1.54) is 11.3 Å². The molecule has 0 unspecified atom stereocenters. The molecule has 2 N–H and O–H groups in total. The van der Waals surface area contributed by atoms with Crippen LogP contribution in [-0.2, 0) is 10.3 Å². The van der Waals surface area contributed by atoms with Gasteiger partial charge in [-0.05, 0) is 36.4 Å². The molecule has 1 heterocycles. The van der Waals surface area contributed by atoms with Crippen LogP contribution in [0.3, 0.4) is 0 Å². The van der Waals surface area contributed by atoms with Crippen molar-refractivity contribution < 1.29 is 17.8 Å². The summed E-state index contributed by atoms with van der Waals surface area (Å²) < 4.78 is 36.7. The summed E-state index contributed by atoms with van der Waals surface area (Å²) in [4.78, 5) is 19.0. The number of carbonyl (C=O) groups is 1. The summed E-state index contributed by atoms with van der Waals surface area (Å²) in [5.41, 5.74) is 3.18. The molecule has 38 heavy (non-hydrogen) atoms. The molecular weight excluding hydrogens is 520 g/mol. The van der Waals surface area contributed by atoms with Crippen molar-refractivity contribution in [3.05, 3.63) is 102 Å². The first-order chi connectivity index (χ1) is 18.2. The van der Waals surface area contributed by atoms with Gasteiger partial charge in [0.1, 0.15) is 0 Å². The van der Waals surface area contributed by atoms with E-state index in [9.17, 15) is 17.8 Å². The molecule has 10 heteroatoms. The Balaban J connectivity index is 1.52. The molecule has 192 valence electrons. The number of rotatable bonds is 7. The van der Waals surface area contributed by atoms with Crippen LogP contribution in [0.5, 0.6) is 0 Å². The molecule has 0 spiro atoms. The molecule has 1 amide bonds. The average Bonchev–Trinajstić information content (AvgIpc) is 3.37. The van der Waals surface area contributed by atoms with Gasteiger partial charge >= 0.3 is 10.3 Å². The van der Waals surface area contributed by atoms with Crippen molar-refractivity contribution in [2.24, 2.45) is 0 Å². The molecule has 0 atom stereocenters. The molecule has 0 aliphatic carbocycles. The Hall–Kier alpha value is -4.25. The van der Waals surface area contributed by atoms with Crippen LogP contribution in [-0.4, -0.2) is 38.0 Å². The van der Waals surface area contributed by atoms with Crippen molar-refractivity contribution >= 4 is 60.5 Å². The number of hydrogen-bond acceptors (Lipinski definition) is 6. The second-order valence-electron chi connectivity index (χ2n) is 8.69. The zero-order valence-corrected chi connectivity index (χ0v) is 22.2. The standard InChI is InChI=1S/C28H24N4O4S2/c1-31(2)25-15-7-14-23-22(25)13-8-16-26(23)32(38(34,35)36)21-12-6-11-20(17-21)24-18-37-28(29-24)30-27(33)19-9-4-3-5-10-19/h3-18H,1-2H3,(H,29,30,33)(H,34,35,36). The summed E-state index contributed by atoms with van der Waals surface area (Å²) in [6, 6.07) is 26.5. The van der Waals surface area contributed by atoms with Crippen LogP contribution >= 0.6 is 11.3 Å². The average molecular weight is 545 g/mol. The molecule has 1 aromatic heterocycles. The van der Waals surface area contributed by atoms with Gasteiger partial charge in [-0.25, -0.2) is 9.29 Å². The van der Waals surface area contributed by atoms with E-state index in [2.05, 4.69) is 10.3 Å². The molecular formula is C28H24N4O4S2. The van der Waals surface area contributed by atoms with Gasteiger partial charge in [-0.2, -0.15) is 8.42 Å². The highest BCUT2D eigenvalue weighted by molar-refractivity contribution is 7.87. The lowest BCUT2D eigenvalue weighted by Crippen LogP contribution is -2.25. The van der Waals surface area contributed by atoms with Crippen molar-refractivity contribution in [3.8, 4) is 11.3 Å². The molecule has 8 nitrogen and oxygen atoms in total. The number of fused-ring (bicyclic) bond motifs is 1. The molecule has 0 aliphatic rings. The van der Waals surface area contributed by atoms with Crippen molar-refractivity contribution in [2.75, 3.05) is 28.6 Å². The Morgan fingerprint density at radius 2 is 1.53 bits per heavy atom. The summed E-state index contributed by atoms with van der Waals surface area (Å²) in [5.74, 6) is -0.272. The third kappa shape index (κ3) is 5.10. The van der Waals surface area contributed by atoms with Crippen LogP contribution < -0.4 is 14.5 Å². The molecule has 5 rings (SSSR count). The Morgan fingerprint density at radius 3 is 2.21 bits per heavy atom. The highest BCUT2D eigenvalue weighted by Crippen LogP contribution is 2.38. The SMILES string of the molecule is CN(C)c1cccc2c(N(c3cccc(-c4csc(NC(=O)c5ccccc5)n4)c3)S(=O)(=O)O)cccc12. The summed E-state index contributed by atoms with van der Waals surface area (Å²) in [6.07, 6.45) is 0. The monoisotopic (exact) mass is 544 g/mol. The Labute approximate surface area is 224 Å². The van der Waals surface area contributed by atoms with Crippen LogP contribution in [0.25, 0.3) is 22.0 Å². The van der Waals surface area contributed by atoms with Gasteiger partial charge in [-0.1, -0.05) is 54.6 Å². The van der Waals surface area contributed by atoms with Crippen molar-refractivity contribution in [1.29, 1.82) is 0 Å². The fourth-order valence-electron chi connectivity index (χ4n) is 4.25. The number of nitrogens with zero attached hydrogens (tertiary/aromatic N) is 3. The second-order valence-corrected chi connectivity index (χ2v) is 10.8. The van der Waals surface area contributed by atoms with Crippen LogP contribution in [0.1, 0.15) is 10.4 Å². The zero-order chi connectivity index (χ0) is 26.9. The number of amides is 1. The van der Waals surface area contributed by atoms with E-state index in [1.54, 1.807) is 66.0 Å². The van der Waals surface area contributed by atoms with E-state index in [0.29, 0.717) is 33.0 Å². The highest BCUT2D eigenvalue weighted by Gasteiger charge is 2.25. The normalized spacial score (nSPS) is 11.3. The number of hydrogen-bond donors (Lipinski definition) is 2. The van der Waals surface area contributed by atoms with Crippen molar-refractivity contribution in [3.63, 3.8) is 0 Å². The van der Waals surface area contributed by atoms with E-state index in [0.717, 1.165) is 15.4 Å². The second kappa shape index (κ2) is 10.3. The molecule has 0 aliphatic heterocycles. The molecule has 4 aromatic carbocycles. The van der Waals surface area contributed by atoms with E-state index in [1.807, 2.05) is 49.3 Å². The lowest BCUT2D eigenvalue weighted by atomic mass is 10.1. The molecule has 0 fully saturated rings. The first-order valence-corrected chi connectivity index (χ1v) is 13.9. The Kier molecular flexibility index (Phi) is 6.85. The van der Waals surface area contributed by atoms with Crippen molar-refractivity contribution in [1.82, 2.24) is 4.98 Å². The van der Waals surface area contributed by atoms with Crippen LogP contribution in [0.15, 0.2) is 96.4 Å². The molecule has 0 saturated heterocycles. The van der Waals surface area contributed by atoms with Crippen molar-refractivity contribution in [2.45, 2.75) is 0 Å².